The third-order valence-electron chi connectivity index (χ3n) is 2.65. The van der Waals surface area contributed by atoms with E-state index in [4.69, 9.17) is 0 Å². The maximum Gasteiger partial charge on any atom is 0.390 e. The fourth-order valence-electron chi connectivity index (χ4n) is 1.78. The zero-order chi connectivity index (χ0) is 13.7. The molecule has 2 nitrogen and oxygen atoms in total. The summed E-state index contributed by atoms with van der Waals surface area (Å²) >= 11 is 1.43. The molecule has 0 radical (unpaired) electrons. The Morgan fingerprint density at radius 3 is 2.53 bits per heavy atom. The standard InChI is InChI=1S/C13H13F3N2S/c14-13(15,16)6-12(10-4-2-1-3-5-10)17-7-11-8-19-9-18-11/h1-5,8-9,12,17H,6-7H2. The summed E-state index contributed by atoms with van der Waals surface area (Å²) < 4.78 is 37.8. The Morgan fingerprint density at radius 2 is 1.95 bits per heavy atom. The SMILES string of the molecule is FC(F)(F)CC(NCc1cscn1)c1ccccc1. The second-order valence-corrected chi connectivity index (χ2v) is 4.86. The van der Waals surface area contributed by atoms with Crippen molar-refractivity contribution in [2.75, 3.05) is 0 Å². The van der Waals surface area contributed by atoms with Crippen LogP contribution in [0.3, 0.4) is 0 Å². The summed E-state index contributed by atoms with van der Waals surface area (Å²) in [7, 11) is 0. The second kappa shape index (κ2) is 6.16. The van der Waals surface area contributed by atoms with E-state index in [1.165, 1.54) is 11.3 Å². The van der Waals surface area contributed by atoms with Gasteiger partial charge in [0.15, 0.2) is 0 Å². The Hall–Kier alpha value is -1.40. The molecule has 0 aliphatic carbocycles. The molecule has 0 saturated carbocycles. The molecular formula is C13H13F3N2S. The van der Waals surface area contributed by atoms with Crippen molar-refractivity contribution >= 4 is 11.3 Å². The van der Waals surface area contributed by atoms with Crippen LogP contribution in [0.5, 0.6) is 0 Å². The summed E-state index contributed by atoms with van der Waals surface area (Å²) in [6, 6.07) is 7.92. The molecule has 2 aromatic rings. The topological polar surface area (TPSA) is 24.9 Å². The van der Waals surface area contributed by atoms with Gasteiger partial charge >= 0.3 is 6.18 Å². The molecule has 0 bridgehead atoms. The minimum Gasteiger partial charge on any atom is -0.304 e. The molecule has 0 saturated heterocycles. The van der Waals surface area contributed by atoms with Gasteiger partial charge in [-0.2, -0.15) is 13.2 Å². The second-order valence-electron chi connectivity index (χ2n) is 4.14. The molecule has 1 unspecified atom stereocenters. The number of thiazole rings is 1. The largest absolute Gasteiger partial charge is 0.390 e. The first kappa shape index (κ1) is 14.0. The van der Waals surface area contributed by atoms with Crippen LogP contribution in [-0.2, 0) is 6.54 Å². The maximum atomic E-state index is 12.6. The number of hydrogen-bond donors (Lipinski definition) is 1. The van der Waals surface area contributed by atoms with Crippen molar-refractivity contribution in [1.29, 1.82) is 0 Å². The molecule has 0 fully saturated rings. The number of halogens is 3. The predicted molar refractivity (Wildman–Crippen MR) is 68.8 cm³/mol. The summed E-state index contributed by atoms with van der Waals surface area (Å²) in [6.45, 7) is 0.332. The van der Waals surface area contributed by atoms with Gasteiger partial charge in [0, 0.05) is 18.0 Å². The molecule has 0 aliphatic heterocycles. The van der Waals surface area contributed by atoms with Crippen LogP contribution in [-0.4, -0.2) is 11.2 Å². The van der Waals surface area contributed by atoms with Crippen LogP contribution in [0, 0.1) is 0 Å². The van der Waals surface area contributed by atoms with Crippen molar-refractivity contribution < 1.29 is 13.2 Å². The van der Waals surface area contributed by atoms with Crippen molar-refractivity contribution in [3.05, 3.63) is 52.5 Å². The van der Waals surface area contributed by atoms with Crippen molar-refractivity contribution in [3.8, 4) is 0 Å². The summed E-state index contributed by atoms with van der Waals surface area (Å²) in [5, 5.41) is 4.74. The lowest BCUT2D eigenvalue weighted by Gasteiger charge is -2.20. The fraction of sp³-hybridized carbons (Fsp3) is 0.308. The lowest BCUT2D eigenvalue weighted by atomic mass is 10.0. The Balaban J connectivity index is 2.06. The van der Waals surface area contributed by atoms with Gasteiger partial charge in [0.2, 0.25) is 0 Å². The number of rotatable bonds is 5. The Bertz CT molecular complexity index is 482. The molecule has 6 heteroatoms. The van der Waals surface area contributed by atoms with E-state index in [2.05, 4.69) is 10.3 Å². The normalized spacial score (nSPS) is 13.4. The van der Waals surface area contributed by atoms with Gasteiger partial charge in [-0.05, 0) is 5.56 Å². The molecule has 1 N–H and O–H groups in total. The molecule has 2 rings (SSSR count). The third-order valence-corrected chi connectivity index (χ3v) is 3.29. The van der Waals surface area contributed by atoms with Gasteiger partial charge in [0.25, 0.3) is 0 Å². The van der Waals surface area contributed by atoms with Gasteiger partial charge in [0.1, 0.15) is 0 Å². The zero-order valence-corrected chi connectivity index (χ0v) is 10.8. The molecular weight excluding hydrogens is 273 g/mol. The zero-order valence-electron chi connectivity index (χ0n) is 10.0. The summed E-state index contributed by atoms with van der Waals surface area (Å²) in [4.78, 5) is 4.05. The summed E-state index contributed by atoms with van der Waals surface area (Å²) in [5.41, 5.74) is 3.06. The van der Waals surface area contributed by atoms with Gasteiger partial charge in [-0.25, -0.2) is 4.98 Å². The molecule has 0 spiro atoms. The molecule has 102 valence electrons. The van der Waals surface area contributed by atoms with Gasteiger partial charge < -0.3 is 5.32 Å². The first-order chi connectivity index (χ1) is 9.04. The van der Waals surface area contributed by atoms with E-state index in [0.717, 1.165) is 5.69 Å². The van der Waals surface area contributed by atoms with E-state index in [9.17, 15) is 13.2 Å². The van der Waals surface area contributed by atoms with E-state index in [-0.39, 0.29) is 0 Å². The third kappa shape index (κ3) is 4.65. The van der Waals surface area contributed by atoms with Crippen LogP contribution in [0.1, 0.15) is 23.7 Å². The fourth-order valence-corrected chi connectivity index (χ4v) is 2.34. The van der Waals surface area contributed by atoms with Gasteiger partial charge in [-0.1, -0.05) is 30.3 Å². The minimum atomic E-state index is -4.20. The summed E-state index contributed by atoms with van der Waals surface area (Å²) in [5.74, 6) is 0. The Labute approximate surface area is 113 Å². The Morgan fingerprint density at radius 1 is 1.21 bits per heavy atom. The number of alkyl halides is 3. The minimum absolute atomic E-state index is 0.332. The van der Waals surface area contributed by atoms with Crippen LogP contribution in [0.25, 0.3) is 0 Å². The molecule has 1 atom stereocenters. The van der Waals surface area contributed by atoms with Gasteiger partial charge in [0.05, 0.1) is 17.6 Å². The van der Waals surface area contributed by atoms with E-state index in [0.29, 0.717) is 12.1 Å². The first-order valence-corrected chi connectivity index (χ1v) is 6.71. The molecule has 0 amide bonds. The lowest BCUT2D eigenvalue weighted by molar-refractivity contribution is -0.140. The average Bonchev–Trinajstić information content (AvgIpc) is 2.87. The number of aromatic nitrogens is 1. The van der Waals surface area contributed by atoms with Crippen LogP contribution in [0.15, 0.2) is 41.2 Å². The maximum absolute atomic E-state index is 12.6. The molecule has 19 heavy (non-hydrogen) atoms. The lowest BCUT2D eigenvalue weighted by Crippen LogP contribution is -2.26. The smallest absolute Gasteiger partial charge is 0.304 e. The molecule has 0 aliphatic rings. The highest BCUT2D eigenvalue weighted by Gasteiger charge is 2.32. The van der Waals surface area contributed by atoms with Crippen molar-refractivity contribution in [1.82, 2.24) is 10.3 Å². The Kier molecular flexibility index (Phi) is 4.55. The number of hydrogen-bond acceptors (Lipinski definition) is 3. The molecule has 1 aromatic carbocycles. The molecule has 1 heterocycles. The van der Waals surface area contributed by atoms with E-state index in [1.54, 1.807) is 35.8 Å². The van der Waals surface area contributed by atoms with E-state index < -0.39 is 18.6 Å². The summed E-state index contributed by atoms with van der Waals surface area (Å²) in [6.07, 6.45) is -5.09. The monoisotopic (exact) mass is 286 g/mol. The highest BCUT2D eigenvalue weighted by Crippen LogP contribution is 2.29. The van der Waals surface area contributed by atoms with Crippen LogP contribution in [0.4, 0.5) is 13.2 Å². The van der Waals surface area contributed by atoms with Gasteiger partial charge in [-0.15, -0.1) is 11.3 Å². The highest BCUT2D eigenvalue weighted by molar-refractivity contribution is 7.07. The van der Waals surface area contributed by atoms with Crippen LogP contribution in [0.2, 0.25) is 0 Å². The first-order valence-electron chi connectivity index (χ1n) is 5.77. The number of benzene rings is 1. The van der Waals surface area contributed by atoms with Gasteiger partial charge in [-0.3, -0.25) is 0 Å². The van der Waals surface area contributed by atoms with Crippen LogP contribution < -0.4 is 5.32 Å². The average molecular weight is 286 g/mol. The quantitative estimate of drug-likeness (QED) is 0.901. The van der Waals surface area contributed by atoms with Crippen molar-refractivity contribution in [2.24, 2.45) is 0 Å². The predicted octanol–water partition coefficient (Wildman–Crippen LogP) is 3.93. The highest BCUT2D eigenvalue weighted by atomic mass is 32.1. The van der Waals surface area contributed by atoms with E-state index >= 15 is 0 Å². The molecule has 1 aromatic heterocycles. The van der Waals surface area contributed by atoms with Crippen LogP contribution >= 0.6 is 11.3 Å². The number of nitrogens with one attached hydrogen (secondary N) is 1. The number of nitrogens with zero attached hydrogens (tertiary/aromatic N) is 1. The van der Waals surface area contributed by atoms with Crippen molar-refractivity contribution in [3.63, 3.8) is 0 Å². The van der Waals surface area contributed by atoms with Crippen molar-refractivity contribution in [2.45, 2.75) is 25.2 Å². The van der Waals surface area contributed by atoms with E-state index in [1.807, 2.05) is 5.38 Å².